The van der Waals surface area contributed by atoms with Crippen LogP contribution < -0.4 is 14.8 Å². The van der Waals surface area contributed by atoms with Crippen LogP contribution in [0.5, 0.6) is 11.5 Å². The van der Waals surface area contributed by atoms with Crippen LogP contribution in [-0.4, -0.2) is 61.1 Å². The van der Waals surface area contributed by atoms with Crippen LogP contribution in [0.1, 0.15) is 57.3 Å². The summed E-state index contributed by atoms with van der Waals surface area (Å²) in [7, 11) is 0. The molecule has 1 N–H and O–H groups in total. The molecule has 0 saturated carbocycles. The molecule has 0 unspecified atom stereocenters. The molecule has 1 fully saturated rings. The Bertz CT molecular complexity index is 750. The maximum atomic E-state index is 12.3. The molecule has 1 heterocycles. The molecule has 8 heteroatoms. The molecule has 166 valence electrons. The van der Waals surface area contributed by atoms with E-state index in [4.69, 9.17) is 14.2 Å². The minimum atomic E-state index is -0.643. The number of esters is 1. The smallest absolute Gasteiger partial charge is 0.338 e. The average Bonchev–Trinajstić information content (AvgIpc) is 2.70. The Morgan fingerprint density at radius 3 is 2.33 bits per heavy atom. The third kappa shape index (κ3) is 7.57. The van der Waals surface area contributed by atoms with Gasteiger partial charge >= 0.3 is 5.97 Å². The summed E-state index contributed by atoms with van der Waals surface area (Å²) >= 11 is 0. The highest BCUT2D eigenvalue weighted by Crippen LogP contribution is 2.29. The highest BCUT2D eigenvalue weighted by molar-refractivity contribution is 5.92. The summed E-state index contributed by atoms with van der Waals surface area (Å²) in [6.45, 7) is 8.76. The molecular formula is C22H32N2O6. The minimum Gasteiger partial charge on any atom is -0.490 e. The van der Waals surface area contributed by atoms with Gasteiger partial charge in [-0.2, -0.15) is 0 Å². The predicted molar refractivity (Wildman–Crippen MR) is 112 cm³/mol. The molecule has 8 nitrogen and oxygen atoms in total. The molecule has 1 aromatic rings. The lowest BCUT2D eigenvalue weighted by molar-refractivity contribution is -0.134. The standard InChI is InChI=1S/C22H32N2O6/c1-5-28-18-13-16(21(27)30-14-19(25)23-22(2,3)4)9-10-17(18)29-15-20(26)24-11-7-6-8-12-24/h9-10,13H,5-8,11-12,14-15H2,1-4H3,(H,23,25). The lowest BCUT2D eigenvalue weighted by Gasteiger charge is -2.26. The van der Waals surface area contributed by atoms with Gasteiger partial charge in [-0.15, -0.1) is 0 Å². The Hall–Kier alpha value is -2.77. The van der Waals surface area contributed by atoms with Crippen molar-refractivity contribution in [3.05, 3.63) is 23.8 Å². The second kappa shape index (κ2) is 10.8. The van der Waals surface area contributed by atoms with Crippen molar-refractivity contribution in [3.63, 3.8) is 0 Å². The van der Waals surface area contributed by atoms with Crippen LogP contribution in [0.3, 0.4) is 0 Å². The number of nitrogens with one attached hydrogen (secondary N) is 1. The third-order valence-corrected chi connectivity index (χ3v) is 4.39. The highest BCUT2D eigenvalue weighted by Gasteiger charge is 2.20. The quantitative estimate of drug-likeness (QED) is 0.650. The molecule has 2 amide bonds. The molecule has 0 atom stereocenters. The maximum Gasteiger partial charge on any atom is 0.338 e. The van der Waals surface area contributed by atoms with E-state index in [9.17, 15) is 14.4 Å². The summed E-state index contributed by atoms with van der Waals surface area (Å²) in [6, 6.07) is 4.59. The molecule has 1 aliphatic rings. The number of likely N-dealkylation sites (tertiary alicyclic amines) is 1. The van der Waals surface area contributed by atoms with Gasteiger partial charge in [-0.1, -0.05) is 0 Å². The van der Waals surface area contributed by atoms with Crippen LogP contribution in [-0.2, 0) is 14.3 Å². The van der Waals surface area contributed by atoms with Gasteiger partial charge in [-0.25, -0.2) is 4.79 Å². The lowest BCUT2D eigenvalue weighted by atomic mass is 10.1. The molecule has 0 bridgehead atoms. The summed E-state index contributed by atoms with van der Waals surface area (Å²) in [4.78, 5) is 38.2. The topological polar surface area (TPSA) is 94.2 Å². The Labute approximate surface area is 177 Å². The fourth-order valence-electron chi connectivity index (χ4n) is 3.07. The Kier molecular flexibility index (Phi) is 8.50. The fraction of sp³-hybridized carbons (Fsp3) is 0.591. The summed E-state index contributed by atoms with van der Waals surface area (Å²) in [5.41, 5.74) is -0.173. The normalized spacial score (nSPS) is 14.1. The number of nitrogens with zero attached hydrogens (tertiary/aromatic N) is 1. The van der Waals surface area contributed by atoms with E-state index in [0.717, 1.165) is 32.4 Å². The van der Waals surface area contributed by atoms with Crippen molar-refractivity contribution in [2.24, 2.45) is 0 Å². The number of hydrogen-bond donors (Lipinski definition) is 1. The van der Waals surface area contributed by atoms with Crippen molar-refractivity contribution in [2.75, 3.05) is 32.9 Å². The van der Waals surface area contributed by atoms with E-state index in [1.807, 2.05) is 27.7 Å². The van der Waals surface area contributed by atoms with Crippen molar-refractivity contribution in [2.45, 2.75) is 52.5 Å². The van der Waals surface area contributed by atoms with Crippen LogP contribution in [0, 0.1) is 0 Å². The first-order valence-electron chi connectivity index (χ1n) is 10.3. The van der Waals surface area contributed by atoms with Gasteiger partial charge in [0.15, 0.2) is 24.7 Å². The average molecular weight is 421 g/mol. The van der Waals surface area contributed by atoms with E-state index in [1.165, 1.54) is 12.1 Å². The van der Waals surface area contributed by atoms with E-state index < -0.39 is 11.5 Å². The summed E-state index contributed by atoms with van der Waals surface area (Å²) in [5, 5.41) is 2.72. The number of piperidine rings is 1. The number of carbonyl (C=O) groups excluding carboxylic acids is 3. The van der Waals surface area contributed by atoms with Gasteiger partial charge in [0.05, 0.1) is 12.2 Å². The summed E-state index contributed by atoms with van der Waals surface area (Å²) in [6.07, 6.45) is 3.18. The van der Waals surface area contributed by atoms with Gasteiger partial charge in [-0.3, -0.25) is 9.59 Å². The number of rotatable bonds is 8. The maximum absolute atomic E-state index is 12.3. The number of hydrogen-bond acceptors (Lipinski definition) is 6. The zero-order valence-electron chi connectivity index (χ0n) is 18.3. The highest BCUT2D eigenvalue weighted by atomic mass is 16.5. The molecule has 2 rings (SSSR count). The largest absolute Gasteiger partial charge is 0.490 e. The van der Waals surface area contributed by atoms with Gasteiger partial charge in [0.1, 0.15) is 0 Å². The lowest BCUT2D eigenvalue weighted by Crippen LogP contribution is -2.42. The van der Waals surface area contributed by atoms with Crippen molar-refractivity contribution in [1.82, 2.24) is 10.2 Å². The monoisotopic (exact) mass is 420 g/mol. The Morgan fingerprint density at radius 2 is 1.70 bits per heavy atom. The van der Waals surface area contributed by atoms with Crippen LogP contribution in [0.4, 0.5) is 0 Å². The van der Waals surface area contributed by atoms with Crippen molar-refractivity contribution < 1.29 is 28.6 Å². The van der Waals surface area contributed by atoms with Gasteiger partial charge in [0, 0.05) is 18.6 Å². The van der Waals surface area contributed by atoms with Crippen molar-refractivity contribution in [3.8, 4) is 11.5 Å². The van der Waals surface area contributed by atoms with Crippen LogP contribution >= 0.6 is 0 Å². The first kappa shape index (κ1) is 23.5. The number of carbonyl (C=O) groups is 3. The molecule has 0 radical (unpaired) electrons. The molecule has 1 saturated heterocycles. The third-order valence-electron chi connectivity index (χ3n) is 4.39. The van der Waals surface area contributed by atoms with Gasteiger partial charge in [0.25, 0.3) is 11.8 Å². The van der Waals surface area contributed by atoms with Crippen molar-refractivity contribution >= 4 is 17.8 Å². The second-order valence-electron chi connectivity index (χ2n) is 8.20. The first-order chi connectivity index (χ1) is 14.2. The van der Waals surface area contributed by atoms with Gasteiger partial charge in [0.2, 0.25) is 0 Å². The van der Waals surface area contributed by atoms with E-state index >= 15 is 0 Å². The van der Waals surface area contributed by atoms with Crippen molar-refractivity contribution in [1.29, 1.82) is 0 Å². The molecule has 0 aromatic heterocycles. The Balaban J connectivity index is 1.96. The molecular weight excluding hydrogens is 388 g/mol. The predicted octanol–water partition coefficient (Wildman–Crippen LogP) is 2.55. The molecule has 0 aliphatic carbocycles. The molecule has 0 spiro atoms. The summed E-state index contributed by atoms with van der Waals surface area (Å²) in [5.74, 6) is -0.361. The zero-order chi connectivity index (χ0) is 22.1. The van der Waals surface area contributed by atoms with Gasteiger partial charge in [-0.05, 0) is 65.2 Å². The van der Waals surface area contributed by atoms with E-state index in [1.54, 1.807) is 11.0 Å². The van der Waals surface area contributed by atoms with Gasteiger partial charge < -0.3 is 24.4 Å². The fourth-order valence-corrected chi connectivity index (χ4v) is 3.07. The molecule has 1 aliphatic heterocycles. The van der Waals surface area contributed by atoms with Crippen LogP contribution in [0.25, 0.3) is 0 Å². The molecule has 1 aromatic carbocycles. The minimum absolute atomic E-state index is 0.0644. The van der Waals surface area contributed by atoms with Crippen LogP contribution in [0.15, 0.2) is 18.2 Å². The zero-order valence-corrected chi connectivity index (χ0v) is 18.3. The number of ether oxygens (including phenoxy) is 3. The van der Waals surface area contributed by atoms with E-state index in [0.29, 0.717) is 18.1 Å². The number of amides is 2. The van der Waals surface area contributed by atoms with E-state index in [-0.39, 0.29) is 30.6 Å². The summed E-state index contributed by atoms with van der Waals surface area (Å²) < 4.78 is 16.3. The Morgan fingerprint density at radius 1 is 1.00 bits per heavy atom. The first-order valence-corrected chi connectivity index (χ1v) is 10.3. The SMILES string of the molecule is CCOc1cc(C(=O)OCC(=O)NC(C)(C)C)ccc1OCC(=O)N1CCCCC1. The molecule has 30 heavy (non-hydrogen) atoms. The van der Waals surface area contributed by atoms with Crippen LogP contribution in [0.2, 0.25) is 0 Å². The van der Waals surface area contributed by atoms with E-state index in [2.05, 4.69) is 5.32 Å². The second-order valence-corrected chi connectivity index (χ2v) is 8.20. The number of benzene rings is 1.